The van der Waals surface area contributed by atoms with E-state index in [-0.39, 0.29) is 0 Å². The molecule has 0 saturated heterocycles. The zero-order chi connectivity index (χ0) is 10.7. The lowest BCUT2D eigenvalue weighted by Crippen LogP contribution is -2.24. The second-order valence-electron chi connectivity index (χ2n) is 2.82. The summed E-state index contributed by atoms with van der Waals surface area (Å²) in [6, 6.07) is 7.31. The molecule has 0 unspecified atom stereocenters. The van der Waals surface area contributed by atoms with E-state index in [0.717, 1.165) is 5.52 Å². The van der Waals surface area contributed by atoms with Crippen molar-refractivity contribution in [3.63, 3.8) is 0 Å². The van der Waals surface area contributed by atoms with Crippen LogP contribution in [0.1, 0.15) is 6.92 Å². The van der Waals surface area contributed by atoms with Crippen LogP contribution in [0, 0.1) is 0 Å². The van der Waals surface area contributed by atoms with Crippen LogP contribution in [-0.2, 0) is 4.74 Å². The summed E-state index contributed by atoms with van der Waals surface area (Å²) in [5.41, 5.74) is 3.89. The van der Waals surface area contributed by atoms with E-state index in [0.29, 0.717) is 12.1 Å². The summed E-state index contributed by atoms with van der Waals surface area (Å²) in [6.07, 6.45) is -0.548. The van der Waals surface area contributed by atoms with Crippen LogP contribution < -0.4 is 5.43 Å². The molecule has 0 spiro atoms. The van der Waals surface area contributed by atoms with Crippen LogP contribution in [0.5, 0.6) is 0 Å². The van der Waals surface area contributed by atoms with Crippen LogP contribution in [0.25, 0.3) is 11.0 Å². The fourth-order valence-electron chi connectivity index (χ4n) is 1.20. The van der Waals surface area contributed by atoms with E-state index in [2.05, 4.69) is 15.7 Å². The SMILES string of the molecule is CCOC(=O)Nn1nnc2ccccc21. The largest absolute Gasteiger partial charge is 0.449 e. The Morgan fingerprint density at radius 2 is 2.33 bits per heavy atom. The number of rotatable bonds is 2. The Bertz CT molecular complexity index is 480. The van der Waals surface area contributed by atoms with Crippen LogP contribution in [-0.4, -0.2) is 27.8 Å². The minimum atomic E-state index is -0.548. The molecular weight excluding hydrogens is 196 g/mol. The molecule has 1 aromatic carbocycles. The fraction of sp³-hybridized carbons (Fsp3) is 0.222. The quantitative estimate of drug-likeness (QED) is 0.799. The molecule has 6 heteroatoms. The van der Waals surface area contributed by atoms with E-state index in [1.807, 2.05) is 24.3 Å². The molecule has 0 aliphatic rings. The van der Waals surface area contributed by atoms with Crippen LogP contribution in [0.4, 0.5) is 4.79 Å². The number of amides is 1. The van der Waals surface area contributed by atoms with Crippen molar-refractivity contribution in [2.45, 2.75) is 6.92 Å². The third-order valence-corrected chi connectivity index (χ3v) is 1.82. The third kappa shape index (κ3) is 1.88. The zero-order valence-electron chi connectivity index (χ0n) is 8.17. The second-order valence-corrected chi connectivity index (χ2v) is 2.82. The number of fused-ring (bicyclic) bond motifs is 1. The average molecular weight is 206 g/mol. The van der Waals surface area contributed by atoms with Crippen molar-refractivity contribution in [1.29, 1.82) is 0 Å². The topological polar surface area (TPSA) is 69.0 Å². The molecule has 6 nitrogen and oxygen atoms in total. The molecular formula is C9H10N4O2. The van der Waals surface area contributed by atoms with Crippen molar-refractivity contribution in [2.75, 3.05) is 12.0 Å². The average Bonchev–Trinajstić information content (AvgIpc) is 2.62. The van der Waals surface area contributed by atoms with Gasteiger partial charge in [-0.15, -0.1) is 9.89 Å². The van der Waals surface area contributed by atoms with E-state index in [1.165, 1.54) is 4.79 Å². The highest BCUT2D eigenvalue weighted by atomic mass is 16.6. The van der Waals surface area contributed by atoms with Gasteiger partial charge >= 0.3 is 6.09 Å². The number of carbonyl (C=O) groups excluding carboxylic acids is 1. The van der Waals surface area contributed by atoms with Gasteiger partial charge in [-0.25, -0.2) is 10.2 Å². The molecule has 0 aliphatic heterocycles. The molecule has 0 saturated carbocycles. The van der Waals surface area contributed by atoms with Gasteiger partial charge in [0.1, 0.15) is 11.0 Å². The van der Waals surface area contributed by atoms with Gasteiger partial charge in [-0.2, -0.15) is 0 Å². The smallest absolute Gasteiger partial charge is 0.427 e. The summed E-state index contributed by atoms with van der Waals surface area (Å²) in [6.45, 7) is 2.05. The normalized spacial score (nSPS) is 10.2. The molecule has 0 bridgehead atoms. The second kappa shape index (κ2) is 3.95. The Morgan fingerprint density at radius 3 is 3.13 bits per heavy atom. The summed E-state index contributed by atoms with van der Waals surface area (Å²) in [4.78, 5) is 12.4. The molecule has 1 heterocycles. The molecule has 0 atom stereocenters. The Hall–Kier alpha value is -2.11. The number of ether oxygens (including phenoxy) is 1. The monoisotopic (exact) mass is 206 g/mol. The van der Waals surface area contributed by atoms with Crippen molar-refractivity contribution in [3.05, 3.63) is 24.3 Å². The Morgan fingerprint density at radius 1 is 1.53 bits per heavy atom. The maximum Gasteiger partial charge on any atom is 0.427 e. The number of aromatic nitrogens is 3. The fourth-order valence-corrected chi connectivity index (χ4v) is 1.20. The highest BCUT2D eigenvalue weighted by Gasteiger charge is 2.06. The Balaban J connectivity index is 2.25. The third-order valence-electron chi connectivity index (χ3n) is 1.82. The molecule has 1 aromatic heterocycles. The molecule has 0 aliphatic carbocycles. The summed E-state index contributed by atoms with van der Waals surface area (Å²) >= 11 is 0. The lowest BCUT2D eigenvalue weighted by Gasteiger charge is -2.04. The lowest BCUT2D eigenvalue weighted by atomic mass is 10.3. The number of benzene rings is 1. The summed E-state index contributed by atoms with van der Waals surface area (Å²) in [7, 11) is 0. The van der Waals surface area contributed by atoms with Gasteiger partial charge in [0.05, 0.1) is 6.61 Å². The highest BCUT2D eigenvalue weighted by Crippen LogP contribution is 2.07. The molecule has 15 heavy (non-hydrogen) atoms. The minimum absolute atomic E-state index is 0.318. The van der Waals surface area contributed by atoms with E-state index in [4.69, 9.17) is 4.74 Å². The molecule has 78 valence electrons. The minimum Gasteiger partial charge on any atom is -0.449 e. The lowest BCUT2D eigenvalue weighted by molar-refractivity contribution is 0.164. The maximum atomic E-state index is 11.1. The summed E-state index contributed by atoms with van der Waals surface area (Å²) in [5, 5.41) is 7.65. The highest BCUT2D eigenvalue weighted by molar-refractivity contribution is 5.80. The van der Waals surface area contributed by atoms with Crippen LogP contribution in [0.15, 0.2) is 24.3 Å². The van der Waals surface area contributed by atoms with Gasteiger partial charge in [0, 0.05) is 0 Å². The van der Waals surface area contributed by atoms with Gasteiger partial charge in [-0.3, -0.25) is 0 Å². The maximum absolute atomic E-state index is 11.1. The number of para-hydroxylation sites is 1. The van der Waals surface area contributed by atoms with E-state index >= 15 is 0 Å². The molecule has 1 amide bonds. The summed E-state index contributed by atoms with van der Waals surface area (Å²) < 4.78 is 4.73. The molecule has 2 rings (SSSR count). The Kier molecular flexibility index (Phi) is 2.49. The first-order chi connectivity index (χ1) is 7.31. The molecule has 0 radical (unpaired) electrons. The number of hydrogen-bond donors (Lipinski definition) is 1. The van der Waals surface area contributed by atoms with Crippen LogP contribution >= 0.6 is 0 Å². The van der Waals surface area contributed by atoms with E-state index < -0.39 is 6.09 Å². The predicted molar refractivity (Wildman–Crippen MR) is 53.9 cm³/mol. The van der Waals surface area contributed by atoms with Gasteiger partial charge in [0.15, 0.2) is 0 Å². The summed E-state index contributed by atoms with van der Waals surface area (Å²) in [5.74, 6) is 0. The van der Waals surface area contributed by atoms with Crippen molar-refractivity contribution in [3.8, 4) is 0 Å². The number of nitrogens with one attached hydrogen (secondary N) is 1. The van der Waals surface area contributed by atoms with Crippen molar-refractivity contribution in [1.82, 2.24) is 15.1 Å². The number of hydrogen-bond acceptors (Lipinski definition) is 4. The molecule has 1 N–H and O–H groups in total. The van der Waals surface area contributed by atoms with Crippen molar-refractivity contribution >= 4 is 17.1 Å². The van der Waals surface area contributed by atoms with Gasteiger partial charge in [0.25, 0.3) is 0 Å². The van der Waals surface area contributed by atoms with Crippen LogP contribution in [0.3, 0.4) is 0 Å². The van der Waals surface area contributed by atoms with E-state index in [9.17, 15) is 4.79 Å². The van der Waals surface area contributed by atoms with Crippen LogP contribution in [0.2, 0.25) is 0 Å². The van der Waals surface area contributed by atoms with Crippen molar-refractivity contribution in [2.24, 2.45) is 0 Å². The first-order valence-electron chi connectivity index (χ1n) is 4.55. The number of carbonyl (C=O) groups is 1. The van der Waals surface area contributed by atoms with Gasteiger partial charge < -0.3 is 4.74 Å². The predicted octanol–water partition coefficient (Wildman–Crippen LogP) is 1.13. The van der Waals surface area contributed by atoms with E-state index in [1.54, 1.807) is 6.92 Å². The first-order valence-corrected chi connectivity index (χ1v) is 4.55. The van der Waals surface area contributed by atoms with Gasteiger partial charge in [-0.05, 0) is 24.3 Å². The first kappa shape index (κ1) is 9.45. The zero-order valence-corrected chi connectivity index (χ0v) is 8.17. The van der Waals surface area contributed by atoms with Gasteiger partial charge in [-0.1, -0.05) is 12.1 Å². The molecule has 2 aromatic rings. The van der Waals surface area contributed by atoms with Gasteiger partial charge in [0.2, 0.25) is 0 Å². The Labute approximate surface area is 85.8 Å². The number of nitrogens with zero attached hydrogens (tertiary/aromatic N) is 3. The van der Waals surface area contributed by atoms with Crippen molar-refractivity contribution < 1.29 is 9.53 Å². The molecule has 0 fully saturated rings. The standard InChI is InChI=1S/C9H10N4O2/c1-2-15-9(14)11-13-8-6-4-3-5-7(8)10-12-13/h3-6H,2H2,1H3,(H,11,14).